The number of fused-ring (bicyclic) bond motifs is 1. The second kappa shape index (κ2) is 9.61. The Balaban J connectivity index is 1.53. The predicted octanol–water partition coefficient (Wildman–Crippen LogP) is 5.47. The second-order valence-electron chi connectivity index (χ2n) is 8.46. The summed E-state index contributed by atoms with van der Waals surface area (Å²) < 4.78 is 20.1. The number of esters is 1. The van der Waals surface area contributed by atoms with E-state index in [1.165, 1.54) is 24.1 Å². The highest BCUT2D eigenvalue weighted by Gasteiger charge is 2.28. The zero-order valence-electron chi connectivity index (χ0n) is 19.1. The molecule has 1 aromatic carbocycles. The molecule has 0 bridgehead atoms. The topological polar surface area (TPSA) is 68.2 Å². The molecule has 0 saturated carbocycles. The molecular formula is C24H27FN4O2S2. The maximum atomic E-state index is 13.2. The number of halogens is 1. The zero-order chi connectivity index (χ0) is 23.7. The van der Waals surface area contributed by atoms with Gasteiger partial charge in [-0.25, -0.2) is 9.18 Å². The minimum atomic E-state index is -0.341. The van der Waals surface area contributed by atoms with Crippen LogP contribution in [0.1, 0.15) is 51.1 Å². The van der Waals surface area contributed by atoms with E-state index in [4.69, 9.17) is 17.0 Å². The molecule has 6 nitrogen and oxygen atoms in total. The molecule has 9 heteroatoms. The van der Waals surface area contributed by atoms with Gasteiger partial charge in [-0.3, -0.25) is 4.68 Å². The highest BCUT2D eigenvalue weighted by atomic mass is 32.1. The number of nitrogens with one attached hydrogen (secondary N) is 2. The minimum absolute atomic E-state index is 0.262. The normalized spacial score (nSPS) is 15.1. The van der Waals surface area contributed by atoms with Crippen molar-refractivity contribution in [2.75, 3.05) is 17.7 Å². The van der Waals surface area contributed by atoms with E-state index in [9.17, 15) is 9.18 Å². The Morgan fingerprint density at radius 1 is 1.30 bits per heavy atom. The average Bonchev–Trinajstić information content (AvgIpc) is 3.25. The van der Waals surface area contributed by atoms with Gasteiger partial charge in [-0.1, -0.05) is 19.1 Å². The number of thiophene rings is 1. The number of aromatic nitrogens is 2. The summed E-state index contributed by atoms with van der Waals surface area (Å²) in [6.45, 7) is 6.62. The van der Waals surface area contributed by atoms with Crippen molar-refractivity contribution in [3.05, 3.63) is 63.0 Å². The fourth-order valence-corrected chi connectivity index (χ4v) is 5.87. The van der Waals surface area contributed by atoms with Gasteiger partial charge in [0.25, 0.3) is 0 Å². The van der Waals surface area contributed by atoms with Crippen LogP contribution in [0.25, 0.3) is 0 Å². The van der Waals surface area contributed by atoms with Crippen LogP contribution in [0.3, 0.4) is 0 Å². The number of benzene rings is 1. The van der Waals surface area contributed by atoms with Crippen LogP contribution in [-0.4, -0.2) is 28.0 Å². The number of rotatable bonds is 5. The Labute approximate surface area is 202 Å². The van der Waals surface area contributed by atoms with E-state index in [1.807, 2.05) is 18.5 Å². The molecule has 0 spiro atoms. The Morgan fingerprint density at radius 3 is 2.73 bits per heavy atom. The number of carbonyl (C=O) groups is 1. The van der Waals surface area contributed by atoms with Gasteiger partial charge in [0.15, 0.2) is 5.11 Å². The van der Waals surface area contributed by atoms with Crippen molar-refractivity contribution >= 4 is 45.3 Å². The average molecular weight is 487 g/mol. The van der Waals surface area contributed by atoms with E-state index in [1.54, 1.807) is 23.5 Å². The van der Waals surface area contributed by atoms with Crippen molar-refractivity contribution < 1.29 is 13.9 Å². The van der Waals surface area contributed by atoms with Crippen molar-refractivity contribution in [2.45, 2.75) is 46.6 Å². The van der Waals surface area contributed by atoms with Gasteiger partial charge in [-0.05, 0) is 74.5 Å². The van der Waals surface area contributed by atoms with E-state index in [2.05, 4.69) is 22.7 Å². The number of ether oxygens (including phenoxy) is 1. The van der Waals surface area contributed by atoms with E-state index < -0.39 is 0 Å². The van der Waals surface area contributed by atoms with Gasteiger partial charge in [0.05, 0.1) is 36.3 Å². The van der Waals surface area contributed by atoms with Crippen LogP contribution in [-0.2, 0) is 24.1 Å². The number of hydrogen-bond acceptors (Lipinski definition) is 5. The molecule has 1 atom stereocenters. The first-order valence-electron chi connectivity index (χ1n) is 10.9. The summed E-state index contributed by atoms with van der Waals surface area (Å²) in [7, 11) is 1.40. The van der Waals surface area contributed by atoms with Crippen LogP contribution in [0.15, 0.2) is 24.3 Å². The van der Waals surface area contributed by atoms with Crippen LogP contribution in [0.5, 0.6) is 0 Å². The summed E-state index contributed by atoms with van der Waals surface area (Å²) in [4.78, 5) is 13.8. The molecule has 33 heavy (non-hydrogen) atoms. The lowest BCUT2D eigenvalue weighted by atomic mass is 9.88. The van der Waals surface area contributed by atoms with Gasteiger partial charge in [0, 0.05) is 4.88 Å². The number of carbonyl (C=O) groups excluding carboxylic acids is 1. The van der Waals surface area contributed by atoms with Gasteiger partial charge in [0.1, 0.15) is 10.8 Å². The molecule has 2 heterocycles. The summed E-state index contributed by atoms with van der Waals surface area (Å²) >= 11 is 7.16. The fourth-order valence-electron chi connectivity index (χ4n) is 4.20. The highest BCUT2D eigenvalue weighted by Crippen LogP contribution is 2.40. The van der Waals surface area contributed by atoms with E-state index in [-0.39, 0.29) is 11.8 Å². The Hall–Kier alpha value is -2.78. The van der Waals surface area contributed by atoms with Crippen LogP contribution < -0.4 is 10.6 Å². The molecule has 2 aromatic heterocycles. The van der Waals surface area contributed by atoms with Crippen molar-refractivity contribution in [1.82, 2.24) is 9.78 Å². The van der Waals surface area contributed by atoms with Gasteiger partial charge in [-0.15, -0.1) is 11.3 Å². The summed E-state index contributed by atoms with van der Waals surface area (Å²) in [6.07, 6.45) is 2.88. The first-order valence-corrected chi connectivity index (χ1v) is 12.1. The zero-order valence-corrected chi connectivity index (χ0v) is 20.8. The Kier molecular flexibility index (Phi) is 6.81. The monoisotopic (exact) mass is 486 g/mol. The maximum Gasteiger partial charge on any atom is 0.341 e. The molecule has 0 amide bonds. The van der Waals surface area contributed by atoms with Crippen LogP contribution >= 0.6 is 23.6 Å². The number of nitrogens with zero attached hydrogens (tertiary/aromatic N) is 2. The van der Waals surface area contributed by atoms with Gasteiger partial charge >= 0.3 is 5.97 Å². The Bertz CT molecular complexity index is 1200. The van der Waals surface area contributed by atoms with E-state index >= 15 is 0 Å². The van der Waals surface area contributed by atoms with E-state index in [0.29, 0.717) is 28.1 Å². The molecule has 4 rings (SSSR count). The van der Waals surface area contributed by atoms with Gasteiger partial charge in [0.2, 0.25) is 0 Å². The van der Waals surface area contributed by atoms with Crippen LogP contribution in [0.2, 0.25) is 0 Å². The second-order valence-corrected chi connectivity index (χ2v) is 9.97. The molecule has 2 N–H and O–H groups in total. The molecule has 0 fully saturated rings. The number of methoxy groups -OCH3 is 1. The van der Waals surface area contributed by atoms with Crippen molar-refractivity contribution in [1.29, 1.82) is 0 Å². The predicted molar refractivity (Wildman–Crippen MR) is 134 cm³/mol. The van der Waals surface area contributed by atoms with Crippen molar-refractivity contribution in [3.8, 4) is 0 Å². The quantitative estimate of drug-likeness (QED) is 0.368. The summed E-state index contributed by atoms with van der Waals surface area (Å²) in [5.74, 6) is -0.00872. The highest BCUT2D eigenvalue weighted by molar-refractivity contribution is 7.80. The Morgan fingerprint density at radius 2 is 2.03 bits per heavy atom. The lowest BCUT2D eigenvalue weighted by Crippen LogP contribution is -2.21. The van der Waals surface area contributed by atoms with Crippen molar-refractivity contribution in [2.24, 2.45) is 5.92 Å². The number of hydrogen-bond donors (Lipinski definition) is 2. The smallest absolute Gasteiger partial charge is 0.341 e. The molecule has 1 aliphatic carbocycles. The number of thiocarbonyl (C=S) groups is 1. The van der Waals surface area contributed by atoms with Crippen LogP contribution in [0.4, 0.5) is 15.1 Å². The molecule has 3 aromatic rings. The third kappa shape index (κ3) is 4.94. The van der Waals surface area contributed by atoms with Gasteiger partial charge in [-0.2, -0.15) is 5.10 Å². The molecule has 0 unspecified atom stereocenters. The molecule has 0 aliphatic heterocycles. The maximum absolute atomic E-state index is 13.2. The molecule has 174 valence electrons. The lowest BCUT2D eigenvalue weighted by Gasteiger charge is -2.18. The molecular weight excluding hydrogens is 459 g/mol. The number of anilines is 2. The fraction of sp³-hybridized carbons (Fsp3) is 0.375. The minimum Gasteiger partial charge on any atom is -0.465 e. The van der Waals surface area contributed by atoms with Crippen molar-refractivity contribution in [3.63, 3.8) is 0 Å². The lowest BCUT2D eigenvalue weighted by molar-refractivity contribution is 0.0601. The SMILES string of the molecule is COC(=O)c1c(NC(=S)Nc2c(C)nn(Cc3ccc(F)cc3)c2C)sc2c1CC[C@H](C)C2. The first-order chi connectivity index (χ1) is 15.8. The summed E-state index contributed by atoms with van der Waals surface area (Å²) in [5.41, 5.74) is 5.14. The first kappa shape index (κ1) is 23.4. The van der Waals surface area contributed by atoms with Gasteiger partial charge < -0.3 is 15.4 Å². The summed E-state index contributed by atoms with van der Waals surface area (Å²) in [6, 6.07) is 6.39. The standard InChI is InChI=1S/C24H27FN4O2S2/c1-13-5-10-18-19(11-13)33-22(20(18)23(30)31-4)27-24(32)26-21-14(2)28-29(15(21)3)12-16-6-8-17(25)9-7-16/h6-9,13H,5,10-12H2,1-4H3,(H2,26,27,32)/t13-/m0/s1. The number of aryl methyl sites for hydroxylation is 1. The molecule has 0 radical (unpaired) electrons. The van der Waals surface area contributed by atoms with E-state index in [0.717, 1.165) is 47.5 Å². The summed E-state index contributed by atoms with van der Waals surface area (Å²) in [5, 5.41) is 12.2. The third-order valence-corrected chi connectivity index (χ3v) is 7.37. The molecule has 1 aliphatic rings. The third-order valence-electron chi connectivity index (χ3n) is 5.99. The largest absolute Gasteiger partial charge is 0.465 e. The van der Waals surface area contributed by atoms with Crippen LogP contribution in [0, 0.1) is 25.6 Å². The molecule has 0 saturated heterocycles.